The van der Waals surface area contributed by atoms with Gasteiger partial charge in [-0.1, -0.05) is 13.3 Å². The van der Waals surface area contributed by atoms with Gasteiger partial charge in [0, 0.05) is 36.9 Å². The van der Waals surface area contributed by atoms with E-state index in [4.69, 9.17) is 4.98 Å². The second-order valence-electron chi connectivity index (χ2n) is 9.96. The number of hydrogen-bond acceptors (Lipinski definition) is 6. The van der Waals surface area contributed by atoms with Crippen LogP contribution in [0.15, 0.2) is 30.7 Å². The molecule has 2 saturated heterocycles. The van der Waals surface area contributed by atoms with Crippen molar-refractivity contribution >= 4 is 22.5 Å². The zero-order valence-electron chi connectivity index (χ0n) is 20.3. The number of aromatic nitrogens is 4. The number of amides is 1. The summed E-state index contributed by atoms with van der Waals surface area (Å²) >= 11 is 0. The van der Waals surface area contributed by atoms with Crippen LogP contribution in [-0.4, -0.2) is 68.2 Å². The van der Waals surface area contributed by atoms with Crippen molar-refractivity contribution in [1.82, 2.24) is 29.5 Å². The highest BCUT2D eigenvalue weighted by molar-refractivity contribution is 5.94. The molecule has 0 aromatic carbocycles. The minimum absolute atomic E-state index is 0.00763. The first-order valence-electron chi connectivity index (χ1n) is 12.6. The monoisotopic (exact) mass is 461 g/mol. The van der Waals surface area contributed by atoms with E-state index >= 15 is 0 Å². The number of nitrogens with one attached hydrogen (secondary N) is 1. The quantitative estimate of drug-likeness (QED) is 0.603. The van der Waals surface area contributed by atoms with Gasteiger partial charge in [-0.05, 0) is 75.3 Å². The summed E-state index contributed by atoms with van der Waals surface area (Å²) in [6.45, 7) is 7.84. The minimum atomic E-state index is -0.00763. The molecule has 0 spiro atoms. The molecule has 0 aliphatic carbocycles. The normalized spacial score (nSPS) is 18.4. The number of anilines is 1. The first-order valence-corrected chi connectivity index (χ1v) is 12.6. The van der Waals surface area contributed by atoms with E-state index < -0.39 is 0 Å². The van der Waals surface area contributed by atoms with Crippen LogP contribution >= 0.6 is 0 Å². The predicted octanol–water partition coefficient (Wildman–Crippen LogP) is 3.69. The van der Waals surface area contributed by atoms with E-state index in [-0.39, 0.29) is 5.91 Å². The second-order valence-corrected chi connectivity index (χ2v) is 9.96. The summed E-state index contributed by atoms with van der Waals surface area (Å²) in [6.07, 6.45) is 11.7. The Balaban J connectivity index is 1.32. The number of hydrogen-bond donors (Lipinski definition) is 1. The predicted molar refractivity (Wildman–Crippen MR) is 134 cm³/mol. The highest BCUT2D eigenvalue weighted by Gasteiger charge is 2.19. The van der Waals surface area contributed by atoms with Crippen LogP contribution in [-0.2, 0) is 18.4 Å². The highest BCUT2D eigenvalue weighted by atomic mass is 16.2. The number of nitrogens with zero attached hydrogens (tertiary/aromatic N) is 6. The lowest BCUT2D eigenvalue weighted by molar-refractivity contribution is -0.117. The van der Waals surface area contributed by atoms with E-state index in [1.54, 1.807) is 6.20 Å². The third-order valence-electron chi connectivity index (χ3n) is 7.27. The average Bonchev–Trinajstić information content (AvgIpc) is 3.20. The van der Waals surface area contributed by atoms with Crippen molar-refractivity contribution in [2.24, 2.45) is 13.0 Å². The first kappa shape index (κ1) is 22.9. The van der Waals surface area contributed by atoms with E-state index in [2.05, 4.69) is 38.2 Å². The SMILES string of the molecule is CC1CCN(CC(=O)Nc2cc3cc(-c4cnn(C)c4CN4CCCCC4)ncc3cn2)CC1. The van der Waals surface area contributed by atoms with Crippen LogP contribution in [0.1, 0.15) is 44.7 Å². The Hall–Kier alpha value is -2.84. The van der Waals surface area contributed by atoms with Crippen molar-refractivity contribution in [3.05, 3.63) is 36.4 Å². The summed E-state index contributed by atoms with van der Waals surface area (Å²) in [4.78, 5) is 26.5. The maximum absolute atomic E-state index is 12.6. The molecule has 2 aliphatic rings. The molecule has 5 heterocycles. The molecule has 2 aliphatic heterocycles. The molecule has 34 heavy (non-hydrogen) atoms. The second kappa shape index (κ2) is 10.2. The molecule has 2 fully saturated rings. The molecule has 0 bridgehead atoms. The van der Waals surface area contributed by atoms with Crippen LogP contribution in [0.2, 0.25) is 0 Å². The first-order chi connectivity index (χ1) is 16.5. The van der Waals surface area contributed by atoms with Crippen molar-refractivity contribution in [2.45, 2.75) is 45.6 Å². The minimum Gasteiger partial charge on any atom is -0.310 e. The lowest BCUT2D eigenvalue weighted by Gasteiger charge is -2.29. The Bertz CT molecular complexity index is 1140. The standard InChI is InChI=1S/C26H35N7O/c1-19-6-10-33(11-7-19)18-26(34)30-25-13-20-12-23(27-14-21(20)15-28-25)22-16-29-31(2)24(22)17-32-8-4-3-5-9-32/h12-16,19H,3-11,17-18H2,1-2H3,(H,28,30,34). The lowest BCUT2D eigenvalue weighted by Crippen LogP contribution is -2.38. The Morgan fingerprint density at radius 1 is 0.971 bits per heavy atom. The van der Waals surface area contributed by atoms with E-state index in [9.17, 15) is 4.79 Å². The number of aryl methyl sites for hydroxylation is 1. The van der Waals surface area contributed by atoms with Gasteiger partial charge in [0.15, 0.2) is 0 Å². The summed E-state index contributed by atoms with van der Waals surface area (Å²) in [6, 6.07) is 4.02. The number of likely N-dealkylation sites (tertiary alicyclic amines) is 2. The molecular weight excluding hydrogens is 426 g/mol. The number of rotatable bonds is 6. The summed E-state index contributed by atoms with van der Waals surface area (Å²) in [5, 5.41) is 9.48. The van der Waals surface area contributed by atoms with Gasteiger partial charge >= 0.3 is 0 Å². The third kappa shape index (κ3) is 5.28. The van der Waals surface area contributed by atoms with Gasteiger partial charge in [0.25, 0.3) is 0 Å². The van der Waals surface area contributed by atoms with Crippen molar-refractivity contribution in [1.29, 1.82) is 0 Å². The largest absolute Gasteiger partial charge is 0.310 e. The molecule has 0 unspecified atom stereocenters. The maximum Gasteiger partial charge on any atom is 0.239 e. The molecule has 3 aromatic rings. The Morgan fingerprint density at radius 3 is 2.53 bits per heavy atom. The van der Waals surface area contributed by atoms with E-state index in [0.29, 0.717) is 12.4 Å². The van der Waals surface area contributed by atoms with Gasteiger partial charge in [0.1, 0.15) is 5.82 Å². The molecule has 8 heteroatoms. The zero-order chi connectivity index (χ0) is 23.5. The maximum atomic E-state index is 12.6. The Morgan fingerprint density at radius 2 is 1.74 bits per heavy atom. The fraction of sp³-hybridized carbons (Fsp3) is 0.538. The van der Waals surface area contributed by atoms with Gasteiger partial charge in [-0.25, -0.2) is 4.98 Å². The van der Waals surface area contributed by atoms with E-state index in [1.807, 2.05) is 30.2 Å². The third-order valence-corrected chi connectivity index (χ3v) is 7.27. The summed E-state index contributed by atoms with van der Waals surface area (Å²) in [7, 11) is 2.00. The van der Waals surface area contributed by atoms with Crippen molar-refractivity contribution in [2.75, 3.05) is 38.0 Å². The molecule has 1 amide bonds. The summed E-state index contributed by atoms with van der Waals surface area (Å²) < 4.78 is 1.97. The van der Waals surface area contributed by atoms with Crippen LogP contribution in [0, 0.1) is 5.92 Å². The van der Waals surface area contributed by atoms with Crippen LogP contribution in [0.25, 0.3) is 22.0 Å². The molecule has 3 aromatic heterocycles. The molecule has 0 saturated carbocycles. The van der Waals surface area contributed by atoms with Gasteiger partial charge in [-0.15, -0.1) is 0 Å². The van der Waals surface area contributed by atoms with Crippen LogP contribution in [0.4, 0.5) is 5.82 Å². The van der Waals surface area contributed by atoms with Gasteiger partial charge in [-0.3, -0.25) is 24.3 Å². The van der Waals surface area contributed by atoms with Gasteiger partial charge in [-0.2, -0.15) is 5.10 Å². The smallest absolute Gasteiger partial charge is 0.239 e. The van der Waals surface area contributed by atoms with Gasteiger partial charge in [0.2, 0.25) is 5.91 Å². The fourth-order valence-corrected chi connectivity index (χ4v) is 5.05. The van der Waals surface area contributed by atoms with Gasteiger partial charge < -0.3 is 5.32 Å². The summed E-state index contributed by atoms with van der Waals surface area (Å²) in [5.41, 5.74) is 3.16. The van der Waals surface area contributed by atoms with Crippen LogP contribution in [0.3, 0.4) is 0 Å². The van der Waals surface area contributed by atoms with E-state index in [0.717, 1.165) is 73.5 Å². The van der Waals surface area contributed by atoms with Crippen LogP contribution in [0.5, 0.6) is 0 Å². The Kier molecular flexibility index (Phi) is 6.87. The number of fused-ring (bicyclic) bond motifs is 1. The molecule has 180 valence electrons. The lowest BCUT2D eigenvalue weighted by atomic mass is 9.99. The Labute approximate surface area is 201 Å². The van der Waals surface area contributed by atoms with Crippen LogP contribution < -0.4 is 5.32 Å². The van der Waals surface area contributed by atoms with Crippen molar-refractivity contribution in [3.8, 4) is 11.3 Å². The molecule has 8 nitrogen and oxygen atoms in total. The number of piperidine rings is 2. The molecule has 5 rings (SSSR count). The van der Waals surface area contributed by atoms with Crippen molar-refractivity contribution in [3.63, 3.8) is 0 Å². The topological polar surface area (TPSA) is 79.2 Å². The van der Waals surface area contributed by atoms with Crippen molar-refractivity contribution < 1.29 is 4.79 Å². The zero-order valence-corrected chi connectivity index (χ0v) is 20.3. The summed E-state index contributed by atoms with van der Waals surface area (Å²) in [5.74, 6) is 1.33. The average molecular weight is 462 g/mol. The molecule has 0 atom stereocenters. The molecular formula is C26H35N7O. The number of carbonyl (C=O) groups is 1. The fourth-order valence-electron chi connectivity index (χ4n) is 5.05. The molecule has 0 radical (unpaired) electrons. The number of carbonyl (C=O) groups excluding carboxylic acids is 1. The highest BCUT2D eigenvalue weighted by Crippen LogP contribution is 2.27. The number of pyridine rings is 2. The van der Waals surface area contributed by atoms with E-state index in [1.165, 1.54) is 25.0 Å². The van der Waals surface area contributed by atoms with Gasteiger partial charge in [0.05, 0.1) is 24.1 Å². The molecule has 1 N–H and O–H groups in total.